The van der Waals surface area contributed by atoms with E-state index >= 15 is 0 Å². The number of anilines is 1. The molecule has 1 heterocycles. The van der Waals surface area contributed by atoms with Crippen LogP contribution in [0, 0.1) is 35.0 Å². The first-order valence-corrected chi connectivity index (χ1v) is 21.1. The van der Waals surface area contributed by atoms with Crippen LogP contribution < -0.4 is 4.90 Å². The largest absolute Gasteiger partial charge is 0.485 e. The monoisotopic (exact) mass is 707 g/mol. The highest BCUT2D eigenvalue weighted by atomic mass is 16.5. The van der Waals surface area contributed by atoms with Gasteiger partial charge in [-0.1, -0.05) is 135 Å². The van der Waals surface area contributed by atoms with Gasteiger partial charge >= 0.3 is 0 Å². The molecule has 2 aromatic carbocycles. The van der Waals surface area contributed by atoms with Crippen molar-refractivity contribution < 1.29 is 4.74 Å². The summed E-state index contributed by atoms with van der Waals surface area (Å²) in [7, 11) is 0. The molecule has 9 aliphatic rings. The van der Waals surface area contributed by atoms with E-state index in [0.29, 0.717) is 23.7 Å². The van der Waals surface area contributed by atoms with Crippen molar-refractivity contribution in [3.63, 3.8) is 0 Å². The Labute approximate surface area is 322 Å². The van der Waals surface area contributed by atoms with E-state index in [0.717, 1.165) is 25.0 Å². The van der Waals surface area contributed by atoms with E-state index in [4.69, 9.17) is 4.74 Å². The van der Waals surface area contributed by atoms with E-state index in [1.807, 2.05) is 0 Å². The SMILES string of the molecule is CC1(C)C2CC=CC=C2C2=C(N(c3ccccc3)C3C=C4OC5C=CC=C(C6(c7ccccc7)C7=C(CCC=C7)C7CCCC[C@@H]76)C5C4=CC3)C=CCC21. The Morgan fingerprint density at radius 2 is 1.59 bits per heavy atom. The number of fused-ring (bicyclic) bond motifs is 8. The number of para-hydroxylation sites is 1. The summed E-state index contributed by atoms with van der Waals surface area (Å²) >= 11 is 0. The van der Waals surface area contributed by atoms with Gasteiger partial charge in [0.1, 0.15) is 11.9 Å². The zero-order valence-corrected chi connectivity index (χ0v) is 32.0. The lowest BCUT2D eigenvalue weighted by Crippen LogP contribution is -2.43. The summed E-state index contributed by atoms with van der Waals surface area (Å²) in [6.07, 6.45) is 40.3. The third-order valence-corrected chi connectivity index (χ3v) is 15.3. The smallest absolute Gasteiger partial charge is 0.128 e. The number of nitrogens with zero attached hydrogens (tertiary/aromatic N) is 1. The highest BCUT2D eigenvalue weighted by molar-refractivity contribution is 5.67. The molecule has 0 bridgehead atoms. The first-order valence-electron chi connectivity index (χ1n) is 21.1. The maximum atomic E-state index is 7.17. The molecule has 2 saturated carbocycles. The Morgan fingerprint density at radius 3 is 2.46 bits per heavy atom. The summed E-state index contributed by atoms with van der Waals surface area (Å²) < 4.78 is 7.17. The van der Waals surface area contributed by atoms with E-state index < -0.39 is 0 Å². The van der Waals surface area contributed by atoms with Crippen LogP contribution in [0.2, 0.25) is 0 Å². The minimum absolute atomic E-state index is 0.0165. The number of allylic oxidation sites excluding steroid dienone is 14. The summed E-state index contributed by atoms with van der Waals surface area (Å²) in [6, 6.07) is 23.0. The predicted molar refractivity (Wildman–Crippen MR) is 221 cm³/mol. The zero-order chi connectivity index (χ0) is 36.0. The van der Waals surface area contributed by atoms with E-state index in [-0.39, 0.29) is 28.9 Å². The summed E-state index contributed by atoms with van der Waals surface area (Å²) in [5.74, 6) is 3.68. The summed E-state index contributed by atoms with van der Waals surface area (Å²) in [4.78, 5) is 2.66. The molecule has 0 N–H and O–H groups in total. The van der Waals surface area contributed by atoms with Crippen LogP contribution in [0.1, 0.15) is 77.2 Å². The molecule has 0 aromatic heterocycles. The van der Waals surface area contributed by atoms with Crippen LogP contribution in [0.15, 0.2) is 178 Å². The molecule has 54 heavy (non-hydrogen) atoms. The molecule has 2 heteroatoms. The van der Waals surface area contributed by atoms with Crippen molar-refractivity contribution in [3.8, 4) is 0 Å². The van der Waals surface area contributed by atoms with Gasteiger partial charge in [-0.2, -0.15) is 0 Å². The summed E-state index contributed by atoms with van der Waals surface area (Å²) in [5.41, 5.74) is 13.7. The highest BCUT2D eigenvalue weighted by Crippen LogP contribution is 2.66. The molecular formula is C52H53NO. The molecule has 7 unspecified atom stereocenters. The van der Waals surface area contributed by atoms with Gasteiger partial charge in [-0.3, -0.25) is 0 Å². The average molecular weight is 708 g/mol. The van der Waals surface area contributed by atoms with Crippen molar-refractivity contribution in [2.75, 3.05) is 4.90 Å². The van der Waals surface area contributed by atoms with Gasteiger partial charge in [-0.25, -0.2) is 0 Å². The lowest BCUT2D eigenvalue weighted by Gasteiger charge is -2.47. The fourth-order valence-electron chi connectivity index (χ4n) is 13.1. The molecule has 2 aromatic rings. The van der Waals surface area contributed by atoms with Crippen molar-refractivity contribution in [2.45, 2.75) is 89.2 Å². The van der Waals surface area contributed by atoms with E-state index in [9.17, 15) is 0 Å². The van der Waals surface area contributed by atoms with Gasteiger partial charge in [-0.15, -0.1) is 0 Å². The molecule has 11 rings (SSSR count). The van der Waals surface area contributed by atoms with Gasteiger partial charge in [0.05, 0.1) is 12.0 Å². The fraction of sp³-hybridized carbons (Fsp3) is 0.385. The molecular weight excluding hydrogens is 655 g/mol. The number of hydrogen-bond acceptors (Lipinski definition) is 2. The second-order valence-corrected chi connectivity index (χ2v) is 18.0. The second kappa shape index (κ2) is 12.5. The van der Waals surface area contributed by atoms with Crippen LogP contribution in [0.5, 0.6) is 0 Å². The van der Waals surface area contributed by atoms with Crippen LogP contribution in [0.25, 0.3) is 0 Å². The van der Waals surface area contributed by atoms with E-state index in [2.05, 4.69) is 152 Å². The molecule has 1 saturated heterocycles. The molecule has 8 atom stereocenters. The number of benzene rings is 2. The first kappa shape index (κ1) is 32.8. The second-order valence-electron chi connectivity index (χ2n) is 18.0. The number of ether oxygens (including phenoxy) is 1. The normalized spacial score (nSPS) is 35.1. The van der Waals surface area contributed by atoms with Crippen molar-refractivity contribution in [3.05, 3.63) is 184 Å². The molecule has 2 nitrogen and oxygen atoms in total. The first-order chi connectivity index (χ1) is 26.6. The molecule has 3 fully saturated rings. The van der Waals surface area contributed by atoms with Crippen LogP contribution in [0.4, 0.5) is 5.69 Å². The Kier molecular flexibility index (Phi) is 7.59. The van der Waals surface area contributed by atoms with Gasteiger partial charge in [0.2, 0.25) is 0 Å². The maximum absolute atomic E-state index is 7.17. The lowest BCUT2D eigenvalue weighted by molar-refractivity contribution is 0.165. The molecule has 0 spiro atoms. The summed E-state index contributed by atoms with van der Waals surface area (Å²) in [6.45, 7) is 5.03. The van der Waals surface area contributed by atoms with Gasteiger partial charge < -0.3 is 9.64 Å². The third kappa shape index (κ3) is 4.58. The van der Waals surface area contributed by atoms with Crippen LogP contribution in [-0.2, 0) is 10.2 Å². The minimum Gasteiger partial charge on any atom is -0.485 e. The number of rotatable bonds is 5. The molecule has 1 aliphatic heterocycles. The van der Waals surface area contributed by atoms with Crippen LogP contribution in [-0.4, -0.2) is 12.1 Å². The van der Waals surface area contributed by atoms with Crippen molar-refractivity contribution in [1.29, 1.82) is 0 Å². The molecule has 8 aliphatic carbocycles. The molecule has 0 amide bonds. The molecule has 272 valence electrons. The standard InChI is InChI=1S/C52H53NO/c1-51(2)41-24-12-11-23-39(41)49-44(51)27-15-29-46(49)53(35-19-7-4-8-20-35)36-31-32-40-48(33-36)54-47-30-16-28-45(50(40)47)52(34-17-5-3-6-18-34)42-25-13-9-21-37(42)38-22-10-14-26-43(38)52/h3-8,11-13,15-20,23,25,28-30,32-33,36,38,41,43-44,47,50H,9-10,14,21-22,24,26-27,31H2,1-2H3/t36?,38?,41?,43-,44?,47?,50?,52?/m0/s1. The highest BCUT2D eigenvalue weighted by Gasteiger charge is 2.60. The van der Waals surface area contributed by atoms with Crippen molar-refractivity contribution in [2.24, 2.45) is 35.0 Å². The Balaban J connectivity index is 1.03. The van der Waals surface area contributed by atoms with Crippen molar-refractivity contribution >= 4 is 5.69 Å². The summed E-state index contributed by atoms with van der Waals surface area (Å²) in [5, 5.41) is 0. The predicted octanol–water partition coefficient (Wildman–Crippen LogP) is 12.4. The van der Waals surface area contributed by atoms with Crippen LogP contribution in [0.3, 0.4) is 0 Å². The average Bonchev–Trinajstić information content (AvgIpc) is 3.83. The van der Waals surface area contributed by atoms with Crippen molar-refractivity contribution in [1.82, 2.24) is 0 Å². The Bertz CT molecular complexity index is 2200. The van der Waals surface area contributed by atoms with Gasteiger partial charge in [0.25, 0.3) is 0 Å². The fourth-order valence-corrected chi connectivity index (χ4v) is 13.1. The van der Waals surface area contributed by atoms with Crippen LogP contribution >= 0.6 is 0 Å². The Hall–Kier alpha value is -4.56. The van der Waals surface area contributed by atoms with Gasteiger partial charge in [0, 0.05) is 22.4 Å². The molecule has 0 radical (unpaired) electrons. The minimum atomic E-state index is -0.124. The van der Waals surface area contributed by atoms with Gasteiger partial charge in [-0.05, 0) is 132 Å². The van der Waals surface area contributed by atoms with E-state index in [1.165, 1.54) is 61.0 Å². The lowest BCUT2D eigenvalue weighted by atomic mass is 9.55. The van der Waals surface area contributed by atoms with Gasteiger partial charge in [0.15, 0.2) is 0 Å². The Morgan fingerprint density at radius 1 is 0.778 bits per heavy atom. The quantitative estimate of drug-likeness (QED) is 0.307. The van der Waals surface area contributed by atoms with E-state index in [1.54, 1.807) is 27.9 Å². The number of hydrogen-bond donors (Lipinski definition) is 0. The third-order valence-electron chi connectivity index (χ3n) is 15.3. The topological polar surface area (TPSA) is 12.5 Å². The zero-order valence-electron chi connectivity index (χ0n) is 32.0. The maximum Gasteiger partial charge on any atom is 0.128 e.